The molecule has 90 valence electrons. The van der Waals surface area contributed by atoms with Crippen LogP contribution in [0.15, 0.2) is 24.4 Å². The van der Waals surface area contributed by atoms with Gasteiger partial charge in [-0.15, -0.1) is 0 Å². The maximum atomic E-state index is 11.3. The van der Waals surface area contributed by atoms with Crippen molar-refractivity contribution in [2.24, 2.45) is 11.7 Å². The molecule has 1 aliphatic carbocycles. The third kappa shape index (κ3) is 2.94. The minimum Gasteiger partial charge on any atom is -0.368 e. The Kier molecular flexibility index (Phi) is 3.33. The Balaban J connectivity index is 2.14. The molecule has 0 aliphatic heterocycles. The highest BCUT2D eigenvalue weighted by Gasteiger charge is 2.31. The van der Waals surface area contributed by atoms with E-state index in [0.29, 0.717) is 5.69 Å². The van der Waals surface area contributed by atoms with Crippen LogP contribution < -0.4 is 5.73 Å². The summed E-state index contributed by atoms with van der Waals surface area (Å²) < 4.78 is -0.897. The summed E-state index contributed by atoms with van der Waals surface area (Å²) in [5.41, 5.74) is 6.99. The van der Waals surface area contributed by atoms with Crippen molar-refractivity contribution in [1.82, 2.24) is 4.98 Å². The first-order chi connectivity index (χ1) is 8.00. The average molecular weight is 295 g/mol. The molecule has 0 radical (unpaired) electrons. The summed E-state index contributed by atoms with van der Waals surface area (Å²) in [6.45, 7) is 1.71. The molecule has 1 saturated carbocycles. The number of amides is 1. The Morgan fingerprint density at radius 3 is 2.76 bits per heavy atom. The Morgan fingerprint density at radius 1 is 1.59 bits per heavy atom. The van der Waals surface area contributed by atoms with Gasteiger partial charge in [-0.05, 0) is 37.3 Å². The molecule has 2 N–H and O–H groups in total. The zero-order chi connectivity index (χ0) is 12.5. The number of pyridine rings is 1. The van der Waals surface area contributed by atoms with E-state index in [1.165, 1.54) is 12.8 Å². The maximum absolute atomic E-state index is 11.3. The molecular formula is C13H15BrN2O. The number of hydrogen-bond donors (Lipinski definition) is 1. The maximum Gasteiger partial charge on any atom is 0.240 e. The molecule has 1 atom stereocenters. The molecule has 3 nitrogen and oxygen atoms in total. The first kappa shape index (κ1) is 12.3. The number of rotatable bonds is 4. The minimum absolute atomic E-state index is 0.439. The van der Waals surface area contributed by atoms with Crippen molar-refractivity contribution in [1.29, 1.82) is 0 Å². The van der Waals surface area contributed by atoms with Crippen LogP contribution in [-0.4, -0.2) is 10.9 Å². The smallest absolute Gasteiger partial charge is 0.240 e. The van der Waals surface area contributed by atoms with Crippen molar-refractivity contribution in [2.75, 3.05) is 0 Å². The zero-order valence-corrected chi connectivity index (χ0v) is 11.3. The van der Waals surface area contributed by atoms with Gasteiger partial charge in [0.2, 0.25) is 5.91 Å². The molecule has 1 unspecified atom stereocenters. The summed E-state index contributed by atoms with van der Waals surface area (Å²) in [4.78, 5) is 15.5. The molecule has 4 heteroatoms. The summed E-state index contributed by atoms with van der Waals surface area (Å²) in [5, 5.41) is 0. The number of primary amides is 1. The number of hydrogen-bond acceptors (Lipinski definition) is 2. The quantitative estimate of drug-likeness (QED) is 0.868. The fraction of sp³-hybridized carbons (Fsp3) is 0.385. The van der Waals surface area contributed by atoms with Gasteiger partial charge in [0.05, 0.1) is 5.69 Å². The van der Waals surface area contributed by atoms with Crippen molar-refractivity contribution in [3.05, 3.63) is 35.7 Å². The molecule has 1 aromatic heterocycles. The van der Waals surface area contributed by atoms with Crippen LogP contribution in [0.1, 0.15) is 31.0 Å². The number of carbonyl (C=O) groups excluding carboxylic acids is 1. The highest BCUT2D eigenvalue weighted by molar-refractivity contribution is 9.10. The Labute approximate surface area is 109 Å². The first-order valence-electron chi connectivity index (χ1n) is 5.63. The molecule has 1 aromatic rings. The summed E-state index contributed by atoms with van der Waals surface area (Å²) in [5.74, 6) is 0.313. The van der Waals surface area contributed by atoms with Crippen molar-refractivity contribution in [2.45, 2.75) is 24.1 Å². The molecule has 17 heavy (non-hydrogen) atoms. The second-order valence-electron chi connectivity index (χ2n) is 4.54. The van der Waals surface area contributed by atoms with Gasteiger partial charge in [0, 0.05) is 6.20 Å². The van der Waals surface area contributed by atoms with E-state index < -0.39 is 10.2 Å². The van der Waals surface area contributed by atoms with Crippen LogP contribution in [0.25, 0.3) is 6.08 Å². The Morgan fingerprint density at radius 2 is 2.29 bits per heavy atom. The minimum atomic E-state index is -0.897. The van der Waals surface area contributed by atoms with E-state index >= 15 is 0 Å². The topological polar surface area (TPSA) is 56.0 Å². The predicted octanol–water partition coefficient (Wildman–Crippen LogP) is 2.60. The first-order valence-corrected chi connectivity index (χ1v) is 6.43. The number of aromatic nitrogens is 1. The SMILES string of the molecule is CC(Br)(C(N)=O)c1ccc(/C=C\C2CC2)cn1. The van der Waals surface area contributed by atoms with Crippen molar-refractivity contribution >= 4 is 27.9 Å². The third-order valence-corrected chi connectivity index (χ3v) is 3.71. The normalized spacial score (nSPS) is 19.2. The summed E-state index contributed by atoms with van der Waals surface area (Å²) >= 11 is 3.30. The molecule has 2 rings (SSSR count). The van der Waals surface area contributed by atoms with Gasteiger partial charge >= 0.3 is 0 Å². The molecule has 1 aliphatic rings. The van der Waals surface area contributed by atoms with Gasteiger partial charge in [-0.25, -0.2) is 0 Å². The third-order valence-electron chi connectivity index (χ3n) is 2.91. The Bertz CT molecular complexity index is 447. The second-order valence-corrected chi connectivity index (χ2v) is 6.13. The van der Waals surface area contributed by atoms with Gasteiger partial charge in [0.25, 0.3) is 0 Å². The Hall–Kier alpha value is -1.16. The number of carbonyl (C=O) groups is 1. The largest absolute Gasteiger partial charge is 0.368 e. The number of alkyl halides is 1. The molecule has 1 fully saturated rings. The average Bonchev–Trinajstić information content (AvgIpc) is 3.10. The number of allylic oxidation sites excluding steroid dienone is 1. The fourth-order valence-electron chi connectivity index (χ4n) is 1.44. The highest BCUT2D eigenvalue weighted by Crippen LogP contribution is 2.31. The fourth-order valence-corrected chi connectivity index (χ4v) is 1.68. The van der Waals surface area contributed by atoms with E-state index in [0.717, 1.165) is 11.5 Å². The lowest BCUT2D eigenvalue weighted by atomic mass is 10.1. The van der Waals surface area contributed by atoms with Crippen molar-refractivity contribution < 1.29 is 4.79 Å². The van der Waals surface area contributed by atoms with Crippen LogP contribution in [0.5, 0.6) is 0 Å². The van der Waals surface area contributed by atoms with Gasteiger partial charge in [0.1, 0.15) is 4.32 Å². The summed E-state index contributed by atoms with van der Waals surface area (Å²) in [6.07, 6.45) is 8.63. The second kappa shape index (κ2) is 4.61. The van der Waals surface area contributed by atoms with Gasteiger partial charge in [0.15, 0.2) is 0 Å². The van der Waals surface area contributed by atoms with E-state index in [-0.39, 0.29) is 0 Å². The van der Waals surface area contributed by atoms with Crippen LogP contribution in [0.2, 0.25) is 0 Å². The lowest BCUT2D eigenvalue weighted by Crippen LogP contribution is -2.33. The van der Waals surface area contributed by atoms with Gasteiger partial charge < -0.3 is 5.73 Å². The van der Waals surface area contributed by atoms with Gasteiger partial charge in [-0.1, -0.05) is 34.1 Å². The van der Waals surface area contributed by atoms with E-state index in [2.05, 4.69) is 33.1 Å². The molecule has 0 bridgehead atoms. The van der Waals surface area contributed by atoms with Crippen LogP contribution >= 0.6 is 15.9 Å². The molecule has 1 amide bonds. The van der Waals surface area contributed by atoms with E-state index in [1.807, 2.05) is 12.1 Å². The van der Waals surface area contributed by atoms with E-state index in [1.54, 1.807) is 13.1 Å². The molecule has 0 aromatic carbocycles. The van der Waals surface area contributed by atoms with Crippen LogP contribution in [0.3, 0.4) is 0 Å². The standard InChI is InChI=1S/C13H15BrN2O/c1-13(14,12(15)17)11-7-6-10(8-16-11)5-4-9-2-3-9/h4-9H,2-3H2,1H3,(H2,15,17)/b5-4-. The highest BCUT2D eigenvalue weighted by atomic mass is 79.9. The molecule has 1 heterocycles. The van der Waals surface area contributed by atoms with Crippen LogP contribution in [0.4, 0.5) is 0 Å². The van der Waals surface area contributed by atoms with E-state index in [4.69, 9.17) is 5.73 Å². The van der Waals surface area contributed by atoms with Crippen LogP contribution in [0, 0.1) is 5.92 Å². The van der Waals surface area contributed by atoms with Crippen molar-refractivity contribution in [3.63, 3.8) is 0 Å². The van der Waals surface area contributed by atoms with E-state index in [9.17, 15) is 4.79 Å². The lowest BCUT2D eigenvalue weighted by Gasteiger charge is -2.17. The zero-order valence-electron chi connectivity index (χ0n) is 9.69. The molecule has 0 spiro atoms. The monoisotopic (exact) mass is 294 g/mol. The number of nitrogens with zero attached hydrogens (tertiary/aromatic N) is 1. The molecule has 0 saturated heterocycles. The summed E-state index contributed by atoms with van der Waals surface area (Å²) in [7, 11) is 0. The predicted molar refractivity (Wildman–Crippen MR) is 71.5 cm³/mol. The van der Waals surface area contributed by atoms with Crippen molar-refractivity contribution in [3.8, 4) is 0 Å². The number of nitrogens with two attached hydrogens (primary N) is 1. The number of halogens is 1. The van der Waals surface area contributed by atoms with Gasteiger partial charge in [-0.3, -0.25) is 9.78 Å². The lowest BCUT2D eigenvalue weighted by molar-refractivity contribution is -0.120. The summed E-state index contributed by atoms with van der Waals surface area (Å²) in [6, 6.07) is 3.77. The van der Waals surface area contributed by atoms with Gasteiger partial charge in [-0.2, -0.15) is 0 Å². The molecular weight excluding hydrogens is 280 g/mol. The van der Waals surface area contributed by atoms with Crippen LogP contribution in [-0.2, 0) is 9.12 Å².